The smallest absolute Gasteiger partial charge is 0.323 e. The molecule has 2 atom stereocenters. The van der Waals surface area contributed by atoms with Gasteiger partial charge in [-0.15, -0.1) is 0 Å². The molecule has 2 N–H and O–H groups in total. The van der Waals surface area contributed by atoms with Gasteiger partial charge in [-0.25, -0.2) is 14.4 Å². The van der Waals surface area contributed by atoms with Gasteiger partial charge in [0.25, 0.3) is 0 Å². The second-order valence-electron chi connectivity index (χ2n) is 7.39. The van der Waals surface area contributed by atoms with E-state index in [1.807, 2.05) is 0 Å². The molecule has 6 amide bonds. The molecule has 0 aliphatic carbocycles. The molecule has 0 radical (unpaired) electrons. The fourth-order valence-electron chi connectivity index (χ4n) is 3.89. The number of amides is 6. The van der Waals surface area contributed by atoms with Crippen LogP contribution in [0, 0.1) is 0 Å². The van der Waals surface area contributed by atoms with E-state index in [0.29, 0.717) is 0 Å². The summed E-state index contributed by atoms with van der Waals surface area (Å²) in [7, 11) is 3.29. The van der Waals surface area contributed by atoms with Crippen molar-refractivity contribution in [3.63, 3.8) is 0 Å². The van der Waals surface area contributed by atoms with Gasteiger partial charge in [0.2, 0.25) is 0 Å². The third-order valence-corrected chi connectivity index (χ3v) is 5.57. The number of carbonyl (C=O) groups is 3. The van der Waals surface area contributed by atoms with Crippen molar-refractivity contribution < 1.29 is 14.4 Å². The fourth-order valence-corrected chi connectivity index (χ4v) is 3.89. The molecule has 9 nitrogen and oxygen atoms in total. The van der Waals surface area contributed by atoms with Crippen LogP contribution in [0.4, 0.5) is 14.4 Å². The second-order valence-corrected chi connectivity index (χ2v) is 7.39. The van der Waals surface area contributed by atoms with Gasteiger partial charge in [-0.2, -0.15) is 0 Å². The Balaban J connectivity index is 1.65. The van der Waals surface area contributed by atoms with E-state index in [4.69, 9.17) is 0 Å². The zero-order valence-electron chi connectivity index (χ0n) is 15.7. The molecule has 26 heavy (non-hydrogen) atoms. The number of hydrogen-bond acceptors (Lipinski definition) is 3. The summed E-state index contributed by atoms with van der Waals surface area (Å²) >= 11 is 0. The molecule has 0 aromatic heterocycles. The maximum Gasteiger partial charge on any atom is 0.323 e. The summed E-state index contributed by atoms with van der Waals surface area (Å²) in [5, 5.41) is 5.87. The number of likely N-dealkylation sites (tertiary alicyclic amines) is 2. The molecule has 0 unspecified atom stereocenters. The van der Waals surface area contributed by atoms with Gasteiger partial charge >= 0.3 is 18.1 Å². The number of rotatable bonds is 2. The van der Waals surface area contributed by atoms with Crippen LogP contribution in [0.1, 0.15) is 38.5 Å². The normalized spacial score (nSPS) is 26.9. The van der Waals surface area contributed by atoms with Gasteiger partial charge in [0.05, 0.1) is 0 Å². The van der Waals surface area contributed by atoms with Crippen LogP contribution >= 0.6 is 0 Å². The third-order valence-electron chi connectivity index (χ3n) is 5.57. The highest BCUT2D eigenvalue weighted by molar-refractivity contribution is 5.82. The van der Waals surface area contributed by atoms with Crippen LogP contribution in [0.25, 0.3) is 0 Å². The highest BCUT2D eigenvalue weighted by Crippen LogP contribution is 2.18. The molecule has 3 heterocycles. The van der Waals surface area contributed by atoms with Crippen molar-refractivity contribution in [2.24, 2.45) is 0 Å². The standard InChI is InChI=1S/C17H30N6O3/c1-20-13(18-15(24)22-9-5-3-6-10-22)14(21(2)17(20)26)19-16(25)23-11-7-4-8-12-23/h13-14H,3-12H2,1-2H3,(H,18,24)(H,19,25)/t13-,14-/m1/s1. The molecule has 0 aromatic carbocycles. The Morgan fingerprint density at radius 3 is 1.42 bits per heavy atom. The first-order chi connectivity index (χ1) is 12.5. The Hall–Kier alpha value is -2.19. The van der Waals surface area contributed by atoms with E-state index < -0.39 is 12.3 Å². The minimum absolute atomic E-state index is 0.179. The predicted octanol–water partition coefficient (Wildman–Crippen LogP) is 1.03. The minimum Gasteiger partial charge on any atom is -0.325 e. The van der Waals surface area contributed by atoms with E-state index >= 15 is 0 Å². The van der Waals surface area contributed by atoms with Crippen LogP contribution in [0.15, 0.2) is 0 Å². The minimum atomic E-state index is -0.587. The van der Waals surface area contributed by atoms with Crippen molar-refractivity contribution in [3.8, 4) is 0 Å². The highest BCUT2D eigenvalue weighted by atomic mass is 16.2. The number of nitrogens with one attached hydrogen (secondary N) is 2. The molecule has 146 valence electrons. The Labute approximate surface area is 154 Å². The number of urea groups is 3. The quantitative estimate of drug-likeness (QED) is 0.765. The maximum atomic E-state index is 12.6. The van der Waals surface area contributed by atoms with E-state index in [1.54, 1.807) is 23.9 Å². The number of likely N-dealkylation sites (N-methyl/N-ethyl adjacent to an activating group) is 2. The van der Waals surface area contributed by atoms with E-state index in [-0.39, 0.29) is 18.1 Å². The van der Waals surface area contributed by atoms with Crippen LogP contribution in [-0.4, -0.2) is 90.3 Å². The second kappa shape index (κ2) is 8.01. The Morgan fingerprint density at radius 1 is 0.731 bits per heavy atom. The molecule has 3 rings (SSSR count). The maximum absolute atomic E-state index is 12.6. The van der Waals surface area contributed by atoms with Gasteiger partial charge in [-0.1, -0.05) is 0 Å². The zero-order chi connectivity index (χ0) is 18.7. The summed E-state index contributed by atoms with van der Waals surface area (Å²) in [5.74, 6) is 0. The third kappa shape index (κ3) is 3.81. The lowest BCUT2D eigenvalue weighted by Gasteiger charge is -2.33. The topological polar surface area (TPSA) is 88.2 Å². The monoisotopic (exact) mass is 366 g/mol. The lowest BCUT2D eigenvalue weighted by atomic mass is 10.1. The van der Waals surface area contributed by atoms with Crippen molar-refractivity contribution in [2.45, 2.75) is 50.9 Å². The van der Waals surface area contributed by atoms with Gasteiger partial charge in [-0.05, 0) is 38.5 Å². The molecular weight excluding hydrogens is 336 g/mol. The van der Waals surface area contributed by atoms with Crippen molar-refractivity contribution in [2.75, 3.05) is 40.3 Å². The van der Waals surface area contributed by atoms with Gasteiger partial charge in [0, 0.05) is 40.3 Å². The van der Waals surface area contributed by atoms with Crippen LogP contribution in [0.5, 0.6) is 0 Å². The molecule has 0 spiro atoms. The number of piperidine rings is 2. The Kier molecular flexibility index (Phi) is 5.73. The average Bonchev–Trinajstić information content (AvgIpc) is 2.87. The highest BCUT2D eigenvalue weighted by Gasteiger charge is 2.44. The largest absolute Gasteiger partial charge is 0.325 e. The SMILES string of the molecule is CN1C(=O)N(C)[C@@H](NC(=O)N2CCCCC2)[C@@H]1NC(=O)N1CCCCC1. The van der Waals surface area contributed by atoms with Crippen molar-refractivity contribution >= 4 is 18.1 Å². The lowest BCUT2D eigenvalue weighted by Crippen LogP contribution is -2.60. The molecular formula is C17H30N6O3. The van der Waals surface area contributed by atoms with Gasteiger partial charge in [-0.3, -0.25) is 0 Å². The van der Waals surface area contributed by atoms with Crippen molar-refractivity contribution in [1.82, 2.24) is 30.2 Å². The fraction of sp³-hybridized carbons (Fsp3) is 0.824. The van der Waals surface area contributed by atoms with Crippen LogP contribution < -0.4 is 10.6 Å². The van der Waals surface area contributed by atoms with E-state index in [0.717, 1.165) is 64.7 Å². The van der Waals surface area contributed by atoms with Gasteiger partial charge in [0.15, 0.2) is 0 Å². The summed E-state index contributed by atoms with van der Waals surface area (Å²) in [4.78, 5) is 44.0. The predicted molar refractivity (Wildman–Crippen MR) is 96.4 cm³/mol. The molecule has 0 bridgehead atoms. The van der Waals surface area contributed by atoms with E-state index in [9.17, 15) is 14.4 Å². The van der Waals surface area contributed by atoms with Crippen LogP contribution in [0.3, 0.4) is 0 Å². The first-order valence-electron chi connectivity index (χ1n) is 9.59. The molecule has 3 aliphatic rings. The van der Waals surface area contributed by atoms with E-state index in [1.165, 1.54) is 9.80 Å². The first-order valence-corrected chi connectivity index (χ1v) is 9.59. The number of nitrogens with zero attached hydrogens (tertiary/aromatic N) is 4. The summed E-state index contributed by atoms with van der Waals surface area (Å²) in [6.07, 6.45) is 5.12. The Morgan fingerprint density at radius 2 is 1.08 bits per heavy atom. The van der Waals surface area contributed by atoms with Crippen molar-refractivity contribution in [1.29, 1.82) is 0 Å². The lowest BCUT2D eigenvalue weighted by molar-refractivity contribution is 0.150. The zero-order valence-corrected chi connectivity index (χ0v) is 15.7. The Bertz CT molecular complexity index is 499. The number of hydrogen-bond donors (Lipinski definition) is 2. The molecule has 3 aliphatic heterocycles. The van der Waals surface area contributed by atoms with Gasteiger partial charge < -0.3 is 30.2 Å². The first kappa shape index (κ1) is 18.6. The average molecular weight is 366 g/mol. The summed E-state index contributed by atoms with van der Waals surface area (Å²) in [5.41, 5.74) is 0. The number of carbonyl (C=O) groups excluding carboxylic acids is 3. The van der Waals surface area contributed by atoms with Crippen LogP contribution in [-0.2, 0) is 0 Å². The molecule has 3 fully saturated rings. The molecule has 0 saturated carbocycles. The molecule has 3 saturated heterocycles. The van der Waals surface area contributed by atoms with Gasteiger partial charge in [0.1, 0.15) is 12.3 Å². The van der Waals surface area contributed by atoms with E-state index in [2.05, 4.69) is 10.6 Å². The molecule has 0 aromatic rings. The summed E-state index contributed by atoms with van der Waals surface area (Å²) < 4.78 is 0. The summed E-state index contributed by atoms with van der Waals surface area (Å²) in [6, 6.07) is -0.582. The summed E-state index contributed by atoms with van der Waals surface area (Å²) in [6.45, 7) is 2.93. The molecule has 9 heteroatoms. The van der Waals surface area contributed by atoms with Crippen molar-refractivity contribution in [3.05, 3.63) is 0 Å². The van der Waals surface area contributed by atoms with Crippen LogP contribution in [0.2, 0.25) is 0 Å².